The van der Waals surface area contributed by atoms with Crippen molar-refractivity contribution < 1.29 is 140 Å². The minimum Gasteiger partial charge on any atom is -0.281 e. The summed E-state index contributed by atoms with van der Waals surface area (Å²) in [6.45, 7) is 0. The molecule has 0 radical (unpaired) electrons. The SMILES string of the molecule is O=S(=O)(O)C(F)(F)C(F)(F)C(F)(F)C(F)(F)C(F)(F)C(F)(F)C(F)(F)C(F)(F)C(F)(F)C(F)(F)C(F)(F)C(F)(F)C(F)(F)C(F)(F)F. The van der Waals surface area contributed by atoms with E-state index in [1.807, 2.05) is 0 Å². The largest absolute Gasteiger partial charge is 0.460 e. The first-order valence-electron chi connectivity index (χ1n) is 9.45. The van der Waals surface area contributed by atoms with Gasteiger partial charge in [0.25, 0.3) is 0 Å². The molecule has 0 aliphatic heterocycles. The van der Waals surface area contributed by atoms with Crippen LogP contribution in [0.1, 0.15) is 0 Å². The quantitative estimate of drug-likeness (QED) is 0.150. The van der Waals surface area contributed by atoms with Crippen LogP contribution in [0.25, 0.3) is 0 Å². The second-order valence-corrected chi connectivity index (χ2v) is 9.85. The molecule has 0 rings (SSSR count). The fraction of sp³-hybridized carbons (Fsp3) is 1.00. The second-order valence-electron chi connectivity index (χ2n) is 8.38. The van der Waals surface area contributed by atoms with Gasteiger partial charge in [0.15, 0.2) is 0 Å². The normalized spacial score (nSPS) is 17.3. The minimum atomic E-state index is -10.1. The van der Waals surface area contributed by atoms with Gasteiger partial charge in [-0.25, -0.2) is 0 Å². The van der Waals surface area contributed by atoms with E-state index >= 15 is 0 Å². The van der Waals surface area contributed by atoms with E-state index in [1.165, 1.54) is 0 Å². The Kier molecular flexibility index (Phi) is 9.98. The van der Waals surface area contributed by atoms with Crippen LogP contribution >= 0.6 is 0 Å². The molecule has 0 heterocycles. The number of halogens is 29. The highest BCUT2D eigenvalue weighted by atomic mass is 32.2. The van der Waals surface area contributed by atoms with Crippen LogP contribution in [-0.2, 0) is 10.1 Å². The van der Waals surface area contributed by atoms with E-state index in [-0.39, 0.29) is 0 Å². The highest BCUT2D eigenvalue weighted by Crippen LogP contribution is 2.69. The first-order valence-corrected chi connectivity index (χ1v) is 10.9. The number of rotatable bonds is 13. The summed E-state index contributed by atoms with van der Waals surface area (Å²) < 4.78 is 411. The van der Waals surface area contributed by atoms with E-state index in [4.69, 9.17) is 4.55 Å². The highest BCUT2D eigenvalue weighted by molar-refractivity contribution is 7.87. The van der Waals surface area contributed by atoms with Gasteiger partial charge in [-0.1, -0.05) is 0 Å². The van der Waals surface area contributed by atoms with Crippen LogP contribution in [0.5, 0.6) is 0 Å². The lowest BCUT2D eigenvalue weighted by atomic mass is 9.84. The van der Waals surface area contributed by atoms with E-state index in [9.17, 15) is 136 Å². The summed E-state index contributed by atoms with van der Waals surface area (Å²) in [6.07, 6.45) is -8.34. The molecular formula is C14HF29O3S. The topological polar surface area (TPSA) is 54.4 Å². The van der Waals surface area contributed by atoms with E-state index in [1.54, 1.807) is 0 Å². The summed E-state index contributed by atoms with van der Waals surface area (Å²) in [6, 6.07) is 0. The Morgan fingerprint density at radius 3 is 0.511 bits per heavy atom. The Labute approximate surface area is 234 Å². The summed E-state index contributed by atoms with van der Waals surface area (Å²) >= 11 is 0. The Morgan fingerprint density at radius 2 is 0.383 bits per heavy atom. The van der Waals surface area contributed by atoms with Crippen molar-refractivity contribution in [3.05, 3.63) is 0 Å². The number of hydrogen-bond acceptors (Lipinski definition) is 2. The maximum Gasteiger partial charge on any atom is 0.460 e. The Morgan fingerprint density at radius 1 is 0.255 bits per heavy atom. The van der Waals surface area contributed by atoms with E-state index in [2.05, 4.69) is 0 Å². The van der Waals surface area contributed by atoms with Crippen LogP contribution in [0.4, 0.5) is 127 Å². The monoisotopic (exact) mass is 800 g/mol. The van der Waals surface area contributed by atoms with Crippen molar-refractivity contribution >= 4 is 10.1 Å². The lowest BCUT2D eigenvalue weighted by molar-refractivity contribution is -0.486. The molecule has 0 aliphatic rings. The average Bonchev–Trinajstić information content (AvgIpc) is 2.80. The predicted molar refractivity (Wildman–Crippen MR) is 81.9 cm³/mol. The number of alkyl halides is 29. The van der Waals surface area contributed by atoms with E-state index in [0.29, 0.717) is 0 Å². The molecule has 0 saturated carbocycles. The van der Waals surface area contributed by atoms with E-state index < -0.39 is 92.6 Å². The fourth-order valence-electron chi connectivity index (χ4n) is 2.49. The molecule has 0 saturated heterocycles. The van der Waals surface area contributed by atoms with Crippen LogP contribution in [-0.4, -0.2) is 95.5 Å². The first kappa shape index (κ1) is 44.9. The second kappa shape index (κ2) is 10.4. The summed E-state index contributed by atoms with van der Waals surface area (Å²) in [5.41, 5.74) is 0. The molecule has 0 aliphatic carbocycles. The van der Waals surface area contributed by atoms with Gasteiger partial charge in [0, 0.05) is 0 Å². The van der Waals surface area contributed by atoms with Gasteiger partial charge in [0.2, 0.25) is 0 Å². The van der Waals surface area contributed by atoms with Crippen LogP contribution in [0.15, 0.2) is 0 Å². The summed E-state index contributed by atoms with van der Waals surface area (Å²) in [7, 11) is -8.35. The van der Waals surface area contributed by atoms with E-state index in [0.717, 1.165) is 0 Å². The third-order valence-corrected chi connectivity index (χ3v) is 6.29. The molecule has 33 heteroatoms. The van der Waals surface area contributed by atoms with Gasteiger partial charge in [0.05, 0.1) is 0 Å². The molecule has 0 amide bonds. The molecule has 0 bridgehead atoms. The molecular weight excluding hydrogens is 799 g/mol. The molecule has 0 aromatic heterocycles. The van der Waals surface area contributed by atoms with Crippen molar-refractivity contribution in [3.8, 4) is 0 Å². The maximum absolute atomic E-state index is 13.6. The molecule has 0 aromatic rings. The molecule has 0 atom stereocenters. The molecule has 3 nitrogen and oxygen atoms in total. The van der Waals surface area contributed by atoms with Crippen molar-refractivity contribution in [1.29, 1.82) is 0 Å². The Balaban J connectivity index is 7.65. The molecule has 0 fully saturated rings. The first-order chi connectivity index (χ1) is 19.5. The van der Waals surface area contributed by atoms with Crippen molar-refractivity contribution in [2.45, 2.75) is 82.5 Å². The van der Waals surface area contributed by atoms with Crippen LogP contribution in [0.2, 0.25) is 0 Å². The third-order valence-electron chi connectivity index (χ3n) is 5.38. The summed E-state index contributed by atoms with van der Waals surface area (Å²) in [4.78, 5) is 0. The van der Waals surface area contributed by atoms with Gasteiger partial charge in [-0.2, -0.15) is 136 Å². The van der Waals surface area contributed by atoms with Gasteiger partial charge in [0.1, 0.15) is 0 Å². The zero-order valence-electron chi connectivity index (χ0n) is 19.6. The zero-order valence-corrected chi connectivity index (χ0v) is 20.4. The predicted octanol–water partition coefficient (Wildman–Crippen LogP) is 8.65. The average molecular weight is 800 g/mol. The van der Waals surface area contributed by atoms with Crippen LogP contribution in [0, 0.1) is 0 Å². The van der Waals surface area contributed by atoms with Gasteiger partial charge < -0.3 is 0 Å². The molecule has 0 unspecified atom stereocenters. The fourth-order valence-corrected chi connectivity index (χ4v) is 2.95. The molecule has 47 heavy (non-hydrogen) atoms. The highest BCUT2D eigenvalue weighted by Gasteiger charge is 3.01. The molecule has 0 spiro atoms. The van der Waals surface area contributed by atoms with Crippen molar-refractivity contribution in [2.24, 2.45) is 0 Å². The van der Waals surface area contributed by atoms with Gasteiger partial charge in [-0.15, -0.1) is 0 Å². The summed E-state index contributed by atoms with van der Waals surface area (Å²) in [5.74, 6) is -116. The van der Waals surface area contributed by atoms with Gasteiger partial charge in [-0.05, 0) is 0 Å². The van der Waals surface area contributed by atoms with Crippen molar-refractivity contribution in [2.75, 3.05) is 0 Å². The zero-order chi connectivity index (χ0) is 39.5. The summed E-state index contributed by atoms with van der Waals surface area (Å²) in [5, 5.41) is -8.34. The minimum absolute atomic E-state index is 7.72. The standard InChI is InChI=1S/C14HF29O3S/c15-1(16,3(19,20)5(23,24)7(27,28)9(31,32)11(35,36)13(39,40)41)2(17,18)4(21,22)6(25,26)8(29,30)10(33,34)12(37,38)14(42,43)47(44,45)46/h(H,44,45,46). The third kappa shape index (κ3) is 5.02. The van der Waals surface area contributed by atoms with Gasteiger partial charge in [-0.3, -0.25) is 4.55 Å². The Bertz CT molecular complexity index is 1290. The number of hydrogen-bond donors (Lipinski definition) is 1. The van der Waals surface area contributed by atoms with Crippen molar-refractivity contribution in [1.82, 2.24) is 0 Å². The Hall–Kier alpha value is -2.12. The lowest BCUT2D eigenvalue weighted by Crippen LogP contribution is -2.79. The van der Waals surface area contributed by atoms with Crippen LogP contribution in [0.3, 0.4) is 0 Å². The molecule has 284 valence electrons. The maximum atomic E-state index is 13.6. The van der Waals surface area contributed by atoms with Crippen molar-refractivity contribution in [3.63, 3.8) is 0 Å². The van der Waals surface area contributed by atoms with Gasteiger partial charge >= 0.3 is 92.6 Å². The lowest BCUT2D eigenvalue weighted by Gasteiger charge is -2.46. The smallest absolute Gasteiger partial charge is 0.281 e. The molecule has 1 N–H and O–H groups in total. The molecule has 0 aromatic carbocycles. The van der Waals surface area contributed by atoms with Crippen LogP contribution < -0.4 is 0 Å².